The Morgan fingerprint density at radius 1 is 0.931 bits per heavy atom. The number of aromatic amines is 3. The lowest BCUT2D eigenvalue weighted by Gasteiger charge is -1.94. The maximum Gasteiger partial charge on any atom is 0.341 e. The first-order valence-corrected chi connectivity index (χ1v) is 8.77. The molecule has 4 rings (SSSR count). The molecule has 0 unspecified atom stereocenters. The van der Waals surface area contributed by atoms with Gasteiger partial charge in [-0.15, -0.1) is 0 Å². The highest BCUT2D eigenvalue weighted by Crippen LogP contribution is 2.21. The van der Waals surface area contributed by atoms with E-state index in [9.17, 15) is 14.4 Å². The lowest BCUT2D eigenvalue weighted by Crippen LogP contribution is -2.18. The first-order chi connectivity index (χ1) is 13.7. The Kier molecular flexibility index (Phi) is 5.97. The molecule has 0 atom stereocenters. The molecular weight excluding hydrogens is 447 g/mol. The van der Waals surface area contributed by atoms with Crippen LogP contribution in [0.5, 0.6) is 0 Å². The molecule has 0 aliphatic carbocycles. The number of fused-ring (bicyclic) bond motifs is 1. The summed E-state index contributed by atoms with van der Waals surface area (Å²) in [5.74, 6) is -0.895. The van der Waals surface area contributed by atoms with Crippen molar-refractivity contribution in [3.05, 3.63) is 71.9 Å². The van der Waals surface area contributed by atoms with Gasteiger partial charge in [0, 0.05) is 5.02 Å². The zero-order chi connectivity index (χ0) is 21.1. The molecule has 0 aliphatic heterocycles. The van der Waals surface area contributed by atoms with Crippen molar-refractivity contribution in [3.63, 3.8) is 0 Å². The first-order valence-electron chi connectivity index (χ1n) is 7.64. The molecule has 0 spiro atoms. The quantitative estimate of drug-likeness (QED) is 0.362. The molecule has 0 saturated heterocycles. The van der Waals surface area contributed by atoms with Gasteiger partial charge in [-0.1, -0.05) is 34.8 Å². The Morgan fingerprint density at radius 3 is 2.24 bits per heavy atom. The van der Waals surface area contributed by atoms with E-state index in [4.69, 9.17) is 39.9 Å². The zero-order valence-electron chi connectivity index (χ0n) is 14.0. The molecule has 0 saturated carbocycles. The summed E-state index contributed by atoms with van der Waals surface area (Å²) in [6.45, 7) is 0. The average Bonchev–Trinajstić information content (AvgIpc) is 3.09. The van der Waals surface area contributed by atoms with Crippen LogP contribution in [0.1, 0.15) is 10.4 Å². The SMILES string of the molecule is O=C(O)c1cc(Cl)n[nH]c1=O.O=c1[nH]nc(Cl)cc1-c1nc2ccc(Cl)cc2[nH]1. The molecule has 3 aromatic heterocycles. The van der Waals surface area contributed by atoms with E-state index in [2.05, 4.69) is 25.3 Å². The topological polar surface area (TPSA) is 157 Å². The Hall–Kier alpha value is -3.21. The summed E-state index contributed by atoms with van der Waals surface area (Å²) < 4.78 is 0. The van der Waals surface area contributed by atoms with Crippen molar-refractivity contribution < 1.29 is 9.90 Å². The van der Waals surface area contributed by atoms with Crippen LogP contribution in [-0.4, -0.2) is 41.4 Å². The van der Waals surface area contributed by atoms with Crippen molar-refractivity contribution in [2.75, 3.05) is 0 Å². The summed E-state index contributed by atoms with van der Waals surface area (Å²) in [5.41, 5.74) is 0.283. The van der Waals surface area contributed by atoms with E-state index in [1.54, 1.807) is 18.2 Å². The number of carboxylic acids is 1. The Labute approximate surface area is 175 Å². The van der Waals surface area contributed by atoms with Crippen molar-refractivity contribution in [3.8, 4) is 11.4 Å². The Balaban J connectivity index is 0.000000188. The molecule has 0 amide bonds. The average molecular weight is 456 g/mol. The summed E-state index contributed by atoms with van der Waals surface area (Å²) in [7, 11) is 0. The van der Waals surface area contributed by atoms with Gasteiger partial charge in [-0.2, -0.15) is 10.2 Å². The monoisotopic (exact) mass is 454 g/mol. The fourth-order valence-corrected chi connectivity index (χ4v) is 2.68. The van der Waals surface area contributed by atoms with E-state index in [0.29, 0.717) is 16.4 Å². The molecule has 13 heteroatoms. The summed E-state index contributed by atoms with van der Waals surface area (Å²) in [5, 5.41) is 20.2. The van der Waals surface area contributed by atoms with Crippen molar-refractivity contribution in [1.82, 2.24) is 30.4 Å². The lowest BCUT2D eigenvalue weighted by atomic mass is 10.3. The van der Waals surface area contributed by atoms with E-state index in [-0.39, 0.29) is 15.9 Å². The van der Waals surface area contributed by atoms with E-state index in [1.807, 2.05) is 5.10 Å². The number of aromatic nitrogens is 6. The van der Waals surface area contributed by atoms with E-state index >= 15 is 0 Å². The zero-order valence-corrected chi connectivity index (χ0v) is 16.3. The first kappa shape index (κ1) is 20.5. The van der Waals surface area contributed by atoms with Gasteiger partial charge >= 0.3 is 5.97 Å². The number of nitrogens with one attached hydrogen (secondary N) is 3. The van der Waals surface area contributed by atoms with Crippen LogP contribution in [0.4, 0.5) is 0 Å². The van der Waals surface area contributed by atoms with Crippen molar-refractivity contribution in [1.29, 1.82) is 0 Å². The number of aromatic carboxylic acids is 1. The van der Waals surface area contributed by atoms with Crippen molar-refractivity contribution in [2.24, 2.45) is 0 Å². The second-order valence-corrected chi connectivity index (χ2v) is 6.63. The van der Waals surface area contributed by atoms with Gasteiger partial charge in [-0.3, -0.25) is 9.59 Å². The maximum absolute atomic E-state index is 11.7. The number of carbonyl (C=O) groups is 1. The second kappa shape index (κ2) is 8.43. The highest BCUT2D eigenvalue weighted by atomic mass is 35.5. The summed E-state index contributed by atoms with van der Waals surface area (Å²) in [6, 6.07) is 7.69. The van der Waals surface area contributed by atoms with Crippen LogP contribution < -0.4 is 11.1 Å². The van der Waals surface area contributed by atoms with Crippen LogP contribution >= 0.6 is 34.8 Å². The van der Waals surface area contributed by atoms with E-state index < -0.39 is 17.1 Å². The van der Waals surface area contributed by atoms with Crippen LogP contribution in [0, 0.1) is 0 Å². The number of H-pyrrole nitrogens is 3. The summed E-state index contributed by atoms with van der Waals surface area (Å²) in [6.07, 6.45) is 0. The molecule has 1 aromatic carbocycles. The Bertz CT molecular complexity index is 1330. The van der Waals surface area contributed by atoms with Gasteiger partial charge in [0.15, 0.2) is 0 Å². The molecule has 29 heavy (non-hydrogen) atoms. The second-order valence-electron chi connectivity index (χ2n) is 5.42. The van der Waals surface area contributed by atoms with Gasteiger partial charge < -0.3 is 10.1 Å². The minimum absolute atomic E-state index is 0.0537. The van der Waals surface area contributed by atoms with E-state index in [0.717, 1.165) is 17.1 Å². The van der Waals surface area contributed by atoms with Crippen LogP contribution in [0.25, 0.3) is 22.4 Å². The number of halogens is 3. The van der Waals surface area contributed by atoms with E-state index in [1.165, 1.54) is 6.07 Å². The van der Waals surface area contributed by atoms with Gasteiger partial charge in [-0.25, -0.2) is 20.0 Å². The molecule has 0 radical (unpaired) electrons. The van der Waals surface area contributed by atoms with Crippen LogP contribution in [-0.2, 0) is 0 Å². The summed E-state index contributed by atoms with van der Waals surface area (Å²) >= 11 is 16.9. The van der Waals surface area contributed by atoms with Gasteiger partial charge in [-0.05, 0) is 30.3 Å². The fourth-order valence-electron chi connectivity index (χ4n) is 2.21. The Morgan fingerprint density at radius 2 is 1.59 bits per heavy atom. The molecule has 0 fully saturated rings. The van der Waals surface area contributed by atoms with Crippen LogP contribution in [0.3, 0.4) is 0 Å². The number of nitrogens with zero attached hydrogens (tertiary/aromatic N) is 3. The fraction of sp³-hybridized carbons (Fsp3) is 0. The third-order valence-corrected chi connectivity index (χ3v) is 4.10. The number of hydrogen-bond acceptors (Lipinski definition) is 6. The standard InChI is InChI=1S/C11H6Cl2N4O.C5H3ClN2O3/c12-5-1-2-7-8(3-5)15-10(14-7)6-4-9(13)16-17-11(6)18;6-3-1-2(5(10)11)4(9)8-7-3/h1-4H,(H,14,15)(H,17,18);1H,(H,8,9)(H,10,11). The molecule has 4 aromatic rings. The highest BCUT2D eigenvalue weighted by molar-refractivity contribution is 6.31. The predicted octanol–water partition coefficient (Wildman–Crippen LogP) is 2.74. The number of imidazole rings is 1. The number of carboxylic acid groups (broad SMARTS) is 1. The number of hydrogen-bond donors (Lipinski definition) is 4. The normalized spacial score (nSPS) is 10.4. The van der Waals surface area contributed by atoms with Crippen molar-refractivity contribution in [2.45, 2.75) is 0 Å². The third-order valence-electron chi connectivity index (χ3n) is 3.47. The minimum Gasteiger partial charge on any atom is -0.477 e. The maximum atomic E-state index is 11.7. The lowest BCUT2D eigenvalue weighted by molar-refractivity contribution is 0.0694. The molecule has 0 bridgehead atoms. The molecular formula is C16H9Cl3N6O4. The highest BCUT2D eigenvalue weighted by Gasteiger charge is 2.10. The molecule has 10 nitrogen and oxygen atoms in total. The molecule has 4 N–H and O–H groups in total. The van der Waals surface area contributed by atoms with Gasteiger partial charge in [0.05, 0.1) is 16.6 Å². The molecule has 3 heterocycles. The minimum atomic E-state index is -1.32. The van der Waals surface area contributed by atoms with Crippen LogP contribution in [0.2, 0.25) is 15.3 Å². The summed E-state index contributed by atoms with van der Waals surface area (Å²) in [4.78, 5) is 39.9. The molecule has 148 valence electrons. The smallest absolute Gasteiger partial charge is 0.341 e. The predicted molar refractivity (Wildman–Crippen MR) is 107 cm³/mol. The van der Waals surface area contributed by atoms with Gasteiger partial charge in [0.1, 0.15) is 21.7 Å². The van der Waals surface area contributed by atoms with Gasteiger partial charge in [0.2, 0.25) is 0 Å². The number of benzene rings is 1. The number of rotatable bonds is 2. The largest absolute Gasteiger partial charge is 0.477 e. The van der Waals surface area contributed by atoms with Crippen LogP contribution in [0.15, 0.2) is 39.9 Å². The third kappa shape index (κ3) is 4.80. The van der Waals surface area contributed by atoms with Crippen molar-refractivity contribution >= 4 is 51.8 Å². The van der Waals surface area contributed by atoms with Gasteiger partial charge in [0.25, 0.3) is 11.1 Å². The molecule has 0 aliphatic rings.